The van der Waals surface area contributed by atoms with Gasteiger partial charge >= 0.3 is 0 Å². The molecule has 0 radical (unpaired) electrons. The van der Waals surface area contributed by atoms with Gasteiger partial charge in [-0.25, -0.2) is 4.98 Å². The van der Waals surface area contributed by atoms with Crippen LogP contribution in [0.2, 0.25) is 0 Å². The zero-order valence-corrected chi connectivity index (χ0v) is 17.8. The number of thiazole rings is 1. The molecule has 2 bridgehead atoms. The maximum Gasteiger partial charge on any atom is 0.230 e. The summed E-state index contributed by atoms with van der Waals surface area (Å²) >= 11 is 4.78. The van der Waals surface area contributed by atoms with Crippen molar-refractivity contribution in [3.8, 4) is 0 Å². The zero-order valence-electron chi connectivity index (χ0n) is 15.4. The third-order valence-electron chi connectivity index (χ3n) is 6.84. The molecular formula is C19H27BrN4O2S. The van der Waals surface area contributed by atoms with Gasteiger partial charge in [-0.1, -0.05) is 17.8 Å². The van der Waals surface area contributed by atoms with E-state index in [1.165, 1.54) is 24.2 Å². The number of nitrogens with zero attached hydrogens (tertiary/aromatic N) is 1. The summed E-state index contributed by atoms with van der Waals surface area (Å²) in [5, 5.41) is 6.67. The number of rotatable bonds is 8. The van der Waals surface area contributed by atoms with Crippen LogP contribution in [0.25, 0.3) is 0 Å². The van der Waals surface area contributed by atoms with Crippen molar-refractivity contribution >= 4 is 44.2 Å². The average Bonchev–Trinajstić information content (AvgIpc) is 3.14. The third kappa shape index (κ3) is 3.56. The topological polar surface area (TPSA) is 97.1 Å². The Morgan fingerprint density at radius 2 is 1.89 bits per heavy atom. The number of nitrogens with one attached hydrogen (secondary N) is 2. The number of hydrogen-bond donors (Lipinski definition) is 3. The normalized spacial score (nSPS) is 29.9. The number of anilines is 1. The number of hydrogen-bond acceptors (Lipinski definition) is 5. The fourth-order valence-electron chi connectivity index (χ4n) is 5.64. The zero-order chi connectivity index (χ0) is 19.0. The molecule has 3 saturated carbocycles. The van der Waals surface area contributed by atoms with Crippen LogP contribution in [0.15, 0.2) is 9.98 Å². The lowest BCUT2D eigenvalue weighted by Crippen LogP contribution is -2.43. The first-order chi connectivity index (χ1) is 13.1. The second kappa shape index (κ2) is 7.79. The highest BCUT2D eigenvalue weighted by molar-refractivity contribution is 9.11. The van der Waals surface area contributed by atoms with Gasteiger partial charge in [0.15, 0.2) is 5.13 Å². The molecule has 0 unspecified atom stereocenters. The summed E-state index contributed by atoms with van der Waals surface area (Å²) in [7, 11) is 0. The molecule has 27 heavy (non-hydrogen) atoms. The van der Waals surface area contributed by atoms with Crippen LogP contribution in [0.4, 0.5) is 5.13 Å². The van der Waals surface area contributed by atoms with Crippen LogP contribution in [-0.2, 0) is 9.59 Å². The standard InChI is InChI=1S/C19H27BrN4O2S/c20-13-10-23-18(27-13)24-17(26)15-12-5-4-11(19(12)6-7-19)14(15)16(25)22-9-3-1-2-8-21/h10-12,14-15H,1-9,21H2,(H,22,25)(H,23,24,26)/t11-,12+,14-,15-/m1/s1. The molecule has 8 heteroatoms. The van der Waals surface area contributed by atoms with Crippen LogP contribution in [-0.4, -0.2) is 29.9 Å². The van der Waals surface area contributed by atoms with Crippen molar-refractivity contribution in [2.24, 2.45) is 34.8 Å². The van der Waals surface area contributed by atoms with Crippen LogP contribution >= 0.6 is 27.3 Å². The van der Waals surface area contributed by atoms with Crippen molar-refractivity contribution < 1.29 is 9.59 Å². The Bertz CT molecular complexity index is 720. The van der Waals surface area contributed by atoms with Gasteiger partial charge in [-0.3, -0.25) is 9.59 Å². The van der Waals surface area contributed by atoms with Crippen LogP contribution in [0.3, 0.4) is 0 Å². The lowest BCUT2D eigenvalue weighted by atomic mass is 9.78. The monoisotopic (exact) mass is 454 g/mol. The molecule has 1 heterocycles. The highest BCUT2D eigenvalue weighted by atomic mass is 79.9. The predicted molar refractivity (Wildman–Crippen MR) is 109 cm³/mol. The van der Waals surface area contributed by atoms with E-state index in [0.717, 1.165) is 35.9 Å². The predicted octanol–water partition coefficient (Wildman–Crippen LogP) is 3.14. The molecule has 4 N–H and O–H groups in total. The van der Waals surface area contributed by atoms with E-state index >= 15 is 0 Å². The van der Waals surface area contributed by atoms with Gasteiger partial charge in [0.25, 0.3) is 0 Å². The Kier molecular flexibility index (Phi) is 5.58. The maximum absolute atomic E-state index is 13.1. The molecule has 0 aromatic carbocycles. The second-order valence-corrected chi connectivity index (χ2v) is 10.6. The fraction of sp³-hybridized carbons (Fsp3) is 0.737. The molecular weight excluding hydrogens is 428 g/mol. The molecule has 1 aromatic rings. The highest BCUT2D eigenvalue weighted by Gasteiger charge is 2.71. The van der Waals surface area contributed by atoms with Gasteiger partial charge in [0.1, 0.15) is 0 Å². The van der Waals surface area contributed by atoms with Gasteiger partial charge in [-0.05, 0) is 78.3 Å². The first-order valence-corrected chi connectivity index (χ1v) is 11.6. The number of carbonyl (C=O) groups is 2. The van der Waals surface area contributed by atoms with Crippen LogP contribution in [0.5, 0.6) is 0 Å². The Hall–Kier alpha value is -0.990. The van der Waals surface area contributed by atoms with E-state index in [9.17, 15) is 9.59 Å². The van der Waals surface area contributed by atoms with E-state index in [1.807, 2.05) is 0 Å². The van der Waals surface area contributed by atoms with Gasteiger partial charge in [0, 0.05) is 6.54 Å². The maximum atomic E-state index is 13.1. The molecule has 3 aliphatic rings. The molecule has 0 saturated heterocycles. The Labute approximate surface area is 172 Å². The van der Waals surface area contributed by atoms with Crippen LogP contribution in [0.1, 0.15) is 44.9 Å². The minimum absolute atomic E-state index is 0.0291. The van der Waals surface area contributed by atoms with Crippen molar-refractivity contribution in [3.63, 3.8) is 0 Å². The van der Waals surface area contributed by atoms with E-state index < -0.39 is 0 Å². The smallest absolute Gasteiger partial charge is 0.230 e. The number of halogens is 1. The summed E-state index contributed by atoms with van der Waals surface area (Å²) in [6.45, 7) is 1.37. The molecule has 3 fully saturated rings. The van der Waals surface area contributed by atoms with E-state index in [1.54, 1.807) is 6.20 Å². The van der Waals surface area contributed by atoms with Gasteiger partial charge in [0.05, 0.1) is 21.8 Å². The molecule has 148 valence electrons. The lowest BCUT2D eigenvalue weighted by molar-refractivity contribution is -0.134. The van der Waals surface area contributed by atoms with Gasteiger partial charge in [0.2, 0.25) is 11.8 Å². The average molecular weight is 455 g/mol. The molecule has 4 rings (SSSR count). The number of carbonyl (C=O) groups excluding carboxylic acids is 2. The SMILES string of the molecule is NCCCCCNC(=O)[C@H]1[C@H](C(=O)Nc2ncc(Br)s2)[C@@H]2CC[C@H]1C21CC1. The first-order valence-electron chi connectivity index (χ1n) is 9.97. The summed E-state index contributed by atoms with van der Waals surface area (Å²) in [6.07, 6.45) is 9.16. The molecule has 1 spiro atoms. The summed E-state index contributed by atoms with van der Waals surface area (Å²) in [5.41, 5.74) is 5.78. The Balaban J connectivity index is 1.45. The fourth-order valence-corrected chi connectivity index (χ4v) is 6.75. The van der Waals surface area contributed by atoms with Crippen molar-refractivity contribution in [1.82, 2.24) is 10.3 Å². The van der Waals surface area contributed by atoms with E-state index in [2.05, 4.69) is 31.5 Å². The van der Waals surface area contributed by atoms with Gasteiger partial charge in [-0.15, -0.1) is 0 Å². The lowest BCUT2D eigenvalue weighted by Gasteiger charge is -2.28. The van der Waals surface area contributed by atoms with Crippen LogP contribution < -0.4 is 16.4 Å². The Morgan fingerprint density at radius 1 is 1.19 bits per heavy atom. The van der Waals surface area contributed by atoms with E-state index in [0.29, 0.717) is 30.1 Å². The number of amides is 2. The summed E-state index contributed by atoms with van der Waals surface area (Å²) in [4.78, 5) is 30.3. The second-order valence-electron chi connectivity index (χ2n) is 8.17. The van der Waals surface area contributed by atoms with Crippen molar-refractivity contribution in [2.45, 2.75) is 44.9 Å². The highest BCUT2D eigenvalue weighted by Crippen LogP contribution is 2.74. The largest absolute Gasteiger partial charge is 0.356 e. The summed E-state index contributed by atoms with van der Waals surface area (Å²) in [5.74, 6) is 0.339. The van der Waals surface area contributed by atoms with Crippen molar-refractivity contribution in [3.05, 3.63) is 9.98 Å². The van der Waals surface area contributed by atoms with Gasteiger partial charge < -0.3 is 16.4 Å². The molecule has 6 nitrogen and oxygen atoms in total. The van der Waals surface area contributed by atoms with E-state index in [4.69, 9.17) is 5.73 Å². The number of aromatic nitrogens is 1. The minimum Gasteiger partial charge on any atom is -0.356 e. The van der Waals surface area contributed by atoms with Crippen molar-refractivity contribution in [1.29, 1.82) is 0 Å². The molecule has 1 aromatic heterocycles. The first kappa shape index (κ1) is 19.3. The third-order valence-corrected chi connectivity index (χ3v) is 8.23. The summed E-state index contributed by atoms with van der Waals surface area (Å²) in [6, 6.07) is 0. The van der Waals surface area contributed by atoms with Gasteiger partial charge in [-0.2, -0.15) is 0 Å². The number of unbranched alkanes of at least 4 members (excludes halogenated alkanes) is 2. The molecule has 4 atom stereocenters. The quantitative estimate of drug-likeness (QED) is 0.525. The van der Waals surface area contributed by atoms with Crippen molar-refractivity contribution in [2.75, 3.05) is 18.4 Å². The minimum atomic E-state index is -0.224. The Morgan fingerprint density at radius 3 is 2.48 bits per heavy atom. The molecule has 3 aliphatic carbocycles. The molecule has 2 amide bonds. The van der Waals surface area contributed by atoms with E-state index in [-0.39, 0.29) is 29.1 Å². The van der Waals surface area contributed by atoms with Crippen LogP contribution in [0, 0.1) is 29.1 Å². The summed E-state index contributed by atoms with van der Waals surface area (Å²) < 4.78 is 0.885. The molecule has 0 aliphatic heterocycles. The number of nitrogens with two attached hydrogens (primary N) is 1.